The molecule has 1 aromatic rings. The van der Waals surface area contributed by atoms with Gasteiger partial charge in [-0.3, -0.25) is 4.79 Å². The second-order valence-electron chi connectivity index (χ2n) is 4.80. The van der Waals surface area contributed by atoms with Crippen LogP contribution >= 0.6 is 0 Å². The van der Waals surface area contributed by atoms with Gasteiger partial charge in [0.05, 0.1) is 13.0 Å². The van der Waals surface area contributed by atoms with Crippen molar-refractivity contribution in [2.75, 3.05) is 7.11 Å². The maximum absolute atomic E-state index is 12.6. The number of hydrogen-bond acceptors (Lipinski definition) is 2. The fraction of sp³-hybridized carbons (Fsp3) is 0.438. The Hall–Kier alpha value is -1.64. The van der Waals surface area contributed by atoms with Crippen molar-refractivity contribution in [3.63, 3.8) is 0 Å². The number of carbonyl (C=O) groups excluding carboxylic acids is 1. The summed E-state index contributed by atoms with van der Waals surface area (Å²) >= 11 is 0. The second kappa shape index (κ2) is 9.31. The van der Waals surface area contributed by atoms with Crippen molar-refractivity contribution >= 4 is 5.97 Å². The Labute approximate surface area is 115 Å². The number of rotatable bonds is 4. The molecule has 0 N–H and O–H groups in total. The Morgan fingerprint density at radius 2 is 1.79 bits per heavy atom. The number of methoxy groups -OCH3 is 1. The average Bonchev–Trinajstić information content (AvgIpc) is 2.36. The average molecular weight is 266 g/mol. The number of benzene rings is 1. The van der Waals surface area contributed by atoms with Gasteiger partial charge >= 0.3 is 5.97 Å². The van der Waals surface area contributed by atoms with Crippen LogP contribution in [0.2, 0.25) is 0 Å². The molecule has 1 aromatic carbocycles. The van der Waals surface area contributed by atoms with E-state index in [9.17, 15) is 9.18 Å². The summed E-state index contributed by atoms with van der Waals surface area (Å²) in [5.41, 5.74) is 2.20. The normalized spacial score (nSPS) is 11.0. The van der Waals surface area contributed by atoms with Crippen LogP contribution in [-0.4, -0.2) is 13.1 Å². The zero-order valence-corrected chi connectivity index (χ0v) is 12.2. The molecule has 0 heterocycles. The zero-order chi connectivity index (χ0) is 14.8. The SMILES string of the molecule is C=C(C)C.COC(=O)C(C)CCc1ccc(F)cc1. The highest BCUT2D eigenvalue weighted by atomic mass is 19.1. The van der Waals surface area contributed by atoms with Crippen molar-refractivity contribution < 1.29 is 13.9 Å². The van der Waals surface area contributed by atoms with Crippen molar-refractivity contribution in [3.05, 3.63) is 47.8 Å². The first-order valence-electron chi connectivity index (χ1n) is 6.31. The van der Waals surface area contributed by atoms with Gasteiger partial charge in [-0.05, 0) is 44.4 Å². The van der Waals surface area contributed by atoms with Crippen LogP contribution in [0.4, 0.5) is 4.39 Å². The monoisotopic (exact) mass is 266 g/mol. The second-order valence-corrected chi connectivity index (χ2v) is 4.80. The van der Waals surface area contributed by atoms with Crippen molar-refractivity contribution in [2.45, 2.75) is 33.6 Å². The lowest BCUT2D eigenvalue weighted by Gasteiger charge is -2.08. The molecular formula is C16H23FO2. The number of allylic oxidation sites excluding steroid dienone is 1. The molecule has 19 heavy (non-hydrogen) atoms. The standard InChI is InChI=1S/C12H15FO2.C4H8/c1-9(12(14)15-2)3-4-10-5-7-11(13)8-6-10;1-4(2)3/h5-9H,3-4H2,1-2H3;1H2,2-3H3. The molecule has 2 nitrogen and oxygen atoms in total. The highest BCUT2D eigenvalue weighted by molar-refractivity contribution is 5.71. The van der Waals surface area contributed by atoms with E-state index in [-0.39, 0.29) is 17.7 Å². The van der Waals surface area contributed by atoms with Gasteiger partial charge in [0, 0.05) is 0 Å². The molecule has 0 aliphatic heterocycles. The summed E-state index contributed by atoms with van der Waals surface area (Å²) < 4.78 is 17.2. The van der Waals surface area contributed by atoms with E-state index in [0.717, 1.165) is 18.4 Å². The third-order valence-corrected chi connectivity index (χ3v) is 2.38. The predicted octanol–water partition coefficient (Wildman–Crippen LogP) is 4.15. The van der Waals surface area contributed by atoms with E-state index >= 15 is 0 Å². The fourth-order valence-corrected chi connectivity index (χ4v) is 1.35. The lowest BCUT2D eigenvalue weighted by Crippen LogP contribution is -2.13. The van der Waals surface area contributed by atoms with Gasteiger partial charge in [-0.15, -0.1) is 6.58 Å². The molecule has 0 aromatic heterocycles. The van der Waals surface area contributed by atoms with Gasteiger partial charge < -0.3 is 4.74 Å². The number of halogens is 1. The molecule has 0 saturated carbocycles. The number of hydrogen-bond donors (Lipinski definition) is 0. The Bertz CT molecular complexity index is 392. The Kier molecular flexibility index (Phi) is 8.51. The lowest BCUT2D eigenvalue weighted by atomic mass is 10.0. The van der Waals surface area contributed by atoms with Crippen molar-refractivity contribution in [1.82, 2.24) is 0 Å². The summed E-state index contributed by atoms with van der Waals surface area (Å²) in [4.78, 5) is 11.1. The minimum Gasteiger partial charge on any atom is -0.469 e. The highest BCUT2D eigenvalue weighted by Gasteiger charge is 2.12. The third kappa shape index (κ3) is 9.00. The topological polar surface area (TPSA) is 26.3 Å². The summed E-state index contributed by atoms with van der Waals surface area (Å²) in [6.07, 6.45) is 1.48. The van der Waals surface area contributed by atoms with Crippen molar-refractivity contribution in [2.24, 2.45) is 5.92 Å². The third-order valence-electron chi connectivity index (χ3n) is 2.38. The van der Waals surface area contributed by atoms with Gasteiger partial charge in [0.1, 0.15) is 5.82 Å². The molecule has 0 aliphatic rings. The van der Waals surface area contributed by atoms with Crippen LogP contribution in [0.3, 0.4) is 0 Å². The molecule has 0 spiro atoms. The van der Waals surface area contributed by atoms with Crippen LogP contribution in [0.15, 0.2) is 36.4 Å². The van der Waals surface area contributed by atoms with Gasteiger partial charge in [0.15, 0.2) is 0 Å². The molecule has 1 atom stereocenters. The highest BCUT2D eigenvalue weighted by Crippen LogP contribution is 2.11. The molecule has 0 fully saturated rings. The fourth-order valence-electron chi connectivity index (χ4n) is 1.35. The van der Waals surface area contributed by atoms with E-state index in [1.165, 1.54) is 24.8 Å². The Balaban J connectivity index is 0.000000711. The number of aryl methyl sites for hydroxylation is 1. The minimum absolute atomic E-state index is 0.111. The van der Waals surface area contributed by atoms with E-state index in [1.54, 1.807) is 12.1 Å². The molecule has 0 aliphatic carbocycles. The summed E-state index contributed by atoms with van der Waals surface area (Å²) in [6.45, 7) is 9.33. The van der Waals surface area contributed by atoms with Crippen LogP contribution in [-0.2, 0) is 16.0 Å². The van der Waals surface area contributed by atoms with E-state index in [1.807, 2.05) is 20.8 Å². The smallest absolute Gasteiger partial charge is 0.308 e. The Morgan fingerprint density at radius 1 is 1.32 bits per heavy atom. The first-order valence-corrected chi connectivity index (χ1v) is 6.31. The number of esters is 1. The molecule has 0 amide bonds. The minimum atomic E-state index is -0.236. The Morgan fingerprint density at radius 3 is 2.21 bits per heavy atom. The van der Waals surface area contributed by atoms with E-state index in [0.29, 0.717) is 0 Å². The van der Waals surface area contributed by atoms with Crippen LogP contribution in [0.5, 0.6) is 0 Å². The van der Waals surface area contributed by atoms with Gasteiger partial charge in [-0.1, -0.05) is 24.6 Å². The first-order chi connectivity index (χ1) is 8.86. The summed E-state index contributed by atoms with van der Waals surface area (Å²) in [5, 5.41) is 0. The van der Waals surface area contributed by atoms with E-state index in [2.05, 4.69) is 11.3 Å². The van der Waals surface area contributed by atoms with E-state index < -0.39 is 0 Å². The molecule has 3 heteroatoms. The number of ether oxygens (including phenoxy) is 1. The zero-order valence-electron chi connectivity index (χ0n) is 12.2. The predicted molar refractivity (Wildman–Crippen MR) is 76.4 cm³/mol. The van der Waals surface area contributed by atoms with Crippen molar-refractivity contribution in [1.29, 1.82) is 0 Å². The van der Waals surface area contributed by atoms with Crippen molar-refractivity contribution in [3.8, 4) is 0 Å². The van der Waals surface area contributed by atoms with Crippen LogP contribution < -0.4 is 0 Å². The molecule has 106 valence electrons. The lowest BCUT2D eigenvalue weighted by molar-refractivity contribution is -0.145. The molecule has 1 rings (SSSR count). The van der Waals surface area contributed by atoms with Crippen LogP contribution in [0.25, 0.3) is 0 Å². The molecular weight excluding hydrogens is 243 g/mol. The van der Waals surface area contributed by atoms with Gasteiger partial charge in [-0.25, -0.2) is 4.39 Å². The molecule has 0 saturated heterocycles. The maximum Gasteiger partial charge on any atom is 0.308 e. The van der Waals surface area contributed by atoms with Crippen LogP contribution in [0.1, 0.15) is 32.8 Å². The van der Waals surface area contributed by atoms with E-state index in [4.69, 9.17) is 0 Å². The summed E-state index contributed by atoms with van der Waals surface area (Å²) in [6, 6.07) is 6.33. The summed E-state index contributed by atoms with van der Waals surface area (Å²) in [7, 11) is 1.39. The maximum atomic E-state index is 12.6. The van der Waals surface area contributed by atoms with Gasteiger partial charge in [0.25, 0.3) is 0 Å². The molecule has 0 bridgehead atoms. The largest absolute Gasteiger partial charge is 0.469 e. The number of carbonyl (C=O) groups is 1. The summed E-state index contributed by atoms with van der Waals surface area (Å²) in [5.74, 6) is -0.545. The van der Waals surface area contributed by atoms with Crippen LogP contribution in [0, 0.1) is 11.7 Å². The van der Waals surface area contributed by atoms with Gasteiger partial charge in [0.2, 0.25) is 0 Å². The molecule has 1 unspecified atom stereocenters. The van der Waals surface area contributed by atoms with Gasteiger partial charge in [-0.2, -0.15) is 0 Å². The molecule has 0 radical (unpaired) electrons. The first kappa shape index (κ1) is 17.4. The quantitative estimate of drug-likeness (QED) is 0.604.